The van der Waals surface area contributed by atoms with Crippen LogP contribution in [-0.4, -0.2) is 28.5 Å². The van der Waals surface area contributed by atoms with Gasteiger partial charge in [-0.25, -0.2) is 4.39 Å². The SMILES string of the molecule is CCCC(c1ccc(C(=O)NCCC(=O)O)cc1)C(c1ccc(Cl)c(F)c1)c1c[nH]c2c(Cl)cc(Cl)cc12. The van der Waals surface area contributed by atoms with E-state index in [0.29, 0.717) is 15.6 Å². The largest absolute Gasteiger partial charge is 0.481 e. The molecular formula is C29H26Cl3FN2O3. The second kappa shape index (κ2) is 12.2. The number of halogens is 4. The first kappa shape index (κ1) is 28.0. The average Bonchev–Trinajstić information content (AvgIpc) is 3.29. The maximum Gasteiger partial charge on any atom is 0.305 e. The van der Waals surface area contributed by atoms with Crippen LogP contribution in [0.25, 0.3) is 10.9 Å². The van der Waals surface area contributed by atoms with E-state index < -0.39 is 11.8 Å². The standard InChI is InChI=1S/C29H26Cl3FN2O3/c1-2-3-20(16-4-6-17(7-5-16)29(38)34-11-10-26(36)37)27(18-8-9-23(31)25(33)12-18)22-15-35-28-21(22)13-19(30)14-24(28)32/h4-9,12-15,20,27,35H,2-3,10-11H2,1H3,(H,34,38)(H,36,37). The van der Waals surface area contributed by atoms with Crippen molar-refractivity contribution in [2.45, 2.75) is 38.0 Å². The van der Waals surface area contributed by atoms with E-state index in [9.17, 15) is 14.0 Å². The summed E-state index contributed by atoms with van der Waals surface area (Å²) < 4.78 is 14.7. The van der Waals surface area contributed by atoms with E-state index in [0.717, 1.165) is 40.4 Å². The number of amides is 1. The molecular weight excluding hydrogens is 550 g/mol. The number of rotatable bonds is 10. The molecule has 198 valence electrons. The first-order chi connectivity index (χ1) is 18.2. The van der Waals surface area contributed by atoms with Crippen LogP contribution in [0.3, 0.4) is 0 Å². The van der Waals surface area contributed by atoms with E-state index in [1.165, 1.54) is 6.07 Å². The van der Waals surface area contributed by atoms with E-state index in [4.69, 9.17) is 39.9 Å². The Kier molecular flexibility index (Phi) is 8.98. The molecule has 0 fully saturated rings. The second-order valence-corrected chi connectivity index (χ2v) is 10.4. The lowest BCUT2D eigenvalue weighted by Crippen LogP contribution is -2.26. The lowest BCUT2D eigenvalue weighted by atomic mass is 9.75. The van der Waals surface area contributed by atoms with Crippen LogP contribution in [0, 0.1) is 5.82 Å². The number of H-pyrrole nitrogens is 1. The average molecular weight is 576 g/mol. The second-order valence-electron chi connectivity index (χ2n) is 9.12. The fourth-order valence-corrected chi connectivity index (χ4v) is 5.54. The first-order valence-corrected chi connectivity index (χ1v) is 13.3. The highest BCUT2D eigenvalue weighted by Gasteiger charge is 2.29. The van der Waals surface area contributed by atoms with Gasteiger partial charge in [0.25, 0.3) is 5.91 Å². The van der Waals surface area contributed by atoms with Crippen molar-refractivity contribution in [1.82, 2.24) is 10.3 Å². The lowest BCUT2D eigenvalue weighted by Gasteiger charge is -2.28. The minimum atomic E-state index is -0.979. The molecule has 1 amide bonds. The molecule has 2 atom stereocenters. The number of carboxylic acid groups (broad SMARTS) is 1. The van der Waals surface area contributed by atoms with Crippen LogP contribution >= 0.6 is 34.8 Å². The maximum atomic E-state index is 14.7. The summed E-state index contributed by atoms with van der Waals surface area (Å²) in [5.74, 6) is -2.19. The molecule has 9 heteroatoms. The first-order valence-electron chi connectivity index (χ1n) is 12.2. The Morgan fingerprint density at radius 3 is 2.37 bits per heavy atom. The van der Waals surface area contributed by atoms with E-state index >= 15 is 0 Å². The number of carbonyl (C=O) groups excluding carboxylic acids is 1. The lowest BCUT2D eigenvalue weighted by molar-refractivity contribution is -0.136. The van der Waals surface area contributed by atoms with Crippen molar-refractivity contribution in [2.75, 3.05) is 6.54 Å². The summed E-state index contributed by atoms with van der Waals surface area (Å²) in [5.41, 5.74) is 3.80. The molecule has 4 aromatic rings. The molecule has 1 heterocycles. The van der Waals surface area contributed by atoms with Crippen molar-refractivity contribution in [3.8, 4) is 0 Å². The zero-order valence-corrected chi connectivity index (χ0v) is 22.8. The summed E-state index contributed by atoms with van der Waals surface area (Å²) in [5, 5.41) is 13.3. The zero-order chi connectivity index (χ0) is 27.4. The van der Waals surface area contributed by atoms with Crippen LogP contribution in [0.4, 0.5) is 4.39 Å². The normalized spacial score (nSPS) is 12.9. The molecule has 0 radical (unpaired) electrons. The number of carboxylic acids is 1. The monoisotopic (exact) mass is 574 g/mol. The van der Waals surface area contributed by atoms with Gasteiger partial charge in [0.15, 0.2) is 0 Å². The Morgan fingerprint density at radius 1 is 1.00 bits per heavy atom. The van der Waals surface area contributed by atoms with Gasteiger partial charge in [-0.05, 0) is 65.4 Å². The van der Waals surface area contributed by atoms with Gasteiger partial charge in [-0.2, -0.15) is 0 Å². The van der Waals surface area contributed by atoms with Gasteiger partial charge in [0.1, 0.15) is 5.82 Å². The summed E-state index contributed by atoms with van der Waals surface area (Å²) in [7, 11) is 0. The van der Waals surface area contributed by atoms with Crippen molar-refractivity contribution >= 4 is 57.6 Å². The van der Waals surface area contributed by atoms with Crippen molar-refractivity contribution < 1.29 is 19.1 Å². The van der Waals surface area contributed by atoms with Crippen molar-refractivity contribution in [1.29, 1.82) is 0 Å². The third kappa shape index (κ3) is 6.15. The molecule has 1 aromatic heterocycles. The van der Waals surface area contributed by atoms with Crippen LogP contribution < -0.4 is 5.32 Å². The molecule has 4 rings (SSSR count). The van der Waals surface area contributed by atoms with Gasteiger partial charge in [-0.15, -0.1) is 0 Å². The van der Waals surface area contributed by atoms with Crippen molar-refractivity contribution in [3.05, 3.63) is 104 Å². The summed E-state index contributed by atoms with van der Waals surface area (Å²) in [4.78, 5) is 26.5. The van der Waals surface area contributed by atoms with Crippen LogP contribution in [0.1, 0.15) is 65.1 Å². The topological polar surface area (TPSA) is 82.2 Å². The molecule has 0 aliphatic carbocycles. The molecule has 0 spiro atoms. The highest BCUT2D eigenvalue weighted by atomic mass is 35.5. The third-order valence-corrected chi connectivity index (χ3v) is 7.43. The Balaban J connectivity index is 1.78. The molecule has 0 saturated heterocycles. The van der Waals surface area contributed by atoms with Crippen molar-refractivity contribution in [2.24, 2.45) is 0 Å². The number of hydrogen-bond acceptors (Lipinski definition) is 2. The minimum absolute atomic E-state index is 0.0443. The van der Waals surface area contributed by atoms with Gasteiger partial charge in [0, 0.05) is 34.6 Å². The predicted molar refractivity (Wildman–Crippen MR) is 150 cm³/mol. The molecule has 0 aliphatic rings. The number of aromatic amines is 1. The number of fused-ring (bicyclic) bond motifs is 1. The molecule has 2 unspecified atom stereocenters. The summed E-state index contributed by atoms with van der Waals surface area (Å²) in [6.07, 6.45) is 3.37. The quantitative estimate of drug-likeness (QED) is 0.178. The predicted octanol–water partition coefficient (Wildman–Crippen LogP) is 8.19. The van der Waals surface area contributed by atoms with E-state index in [2.05, 4.69) is 17.2 Å². The van der Waals surface area contributed by atoms with Gasteiger partial charge < -0.3 is 15.4 Å². The highest BCUT2D eigenvalue weighted by Crippen LogP contribution is 2.45. The van der Waals surface area contributed by atoms with Crippen LogP contribution in [-0.2, 0) is 4.79 Å². The van der Waals surface area contributed by atoms with Crippen LogP contribution in [0.15, 0.2) is 60.8 Å². The smallest absolute Gasteiger partial charge is 0.305 e. The number of nitrogens with one attached hydrogen (secondary N) is 2. The van der Waals surface area contributed by atoms with Crippen molar-refractivity contribution in [3.63, 3.8) is 0 Å². The van der Waals surface area contributed by atoms with Gasteiger partial charge in [-0.3, -0.25) is 9.59 Å². The molecule has 3 aromatic carbocycles. The summed E-state index contributed by atoms with van der Waals surface area (Å²) in [6.45, 7) is 2.13. The third-order valence-electron chi connectivity index (χ3n) is 6.60. The van der Waals surface area contributed by atoms with Crippen LogP contribution in [0.2, 0.25) is 15.1 Å². The summed E-state index contributed by atoms with van der Waals surface area (Å²) >= 11 is 18.8. The van der Waals surface area contributed by atoms with E-state index in [1.54, 1.807) is 24.3 Å². The number of aromatic nitrogens is 1. The highest BCUT2D eigenvalue weighted by molar-refractivity contribution is 6.38. The van der Waals surface area contributed by atoms with Gasteiger partial charge in [0.2, 0.25) is 0 Å². The fraction of sp³-hybridized carbons (Fsp3) is 0.241. The Bertz CT molecular complexity index is 1470. The maximum absolute atomic E-state index is 14.7. The Hall–Kier alpha value is -3.06. The molecule has 0 saturated carbocycles. The Morgan fingerprint density at radius 2 is 1.71 bits per heavy atom. The molecule has 0 bridgehead atoms. The number of aliphatic carboxylic acids is 1. The van der Waals surface area contributed by atoms with E-state index in [1.807, 2.05) is 30.5 Å². The number of hydrogen-bond donors (Lipinski definition) is 3. The molecule has 38 heavy (non-hydrogen) atoms. The van der Waals surface area contributed by atoms with Gasteiger partial charge in [0.05, 0.1) is 22.0 Å². The molecule has 3 N–H and O–H groups in total. The summed E-state index contributed by atoms with van der Waals surface area (Å²) in [6, 6.07) is 15.6. The Labute approximate surface area is 234 Å². The number of benzene rings is 3. The van der Waals surface area contributed by atoms with Gasteiger partial charge >= 0.3 is 5.97 Å². The minimum Gasteiger partial charge on any atom is -0.481 e. The molecule has 5 nitrogen and oxygen atoms in total. The van der Waals surface area contributed by atoms with E-state index in [-0.39, 0.29) is 35.7 Å². The fourth-order valence-electron chi connectivity index (χ4n) is 4.87. The number of carbonyl (C=O) groups is 2. The molecule has 0 aliphatic heterocycles. The van der Waals surface area contributed by atoms with Gasteiger partial charge in [-0.1, -0.05) is 66.3 Å². The zero-order valence-electron chi connectivity index (χ0n) is 20.5. The van der Waals surface area contributed by atoms with Crippen LogP contribution in [0.5, 0.6) is 0 Å².